The molecule has 0 unspecified atom stereocenters. The topological polar surface area (TPSA) is 76.3 Å². The number of hydrogen-bond acceptors (Lipinski definition) is 4. The fourth-order valence-corrected chi connectivity index (χ4v) is 0.486. The number of pyridine rings is 1. The smallest absolute Gasteiger partial charge is 0.363 e. The van der Waals surface area contributed by atoms with Gasteiger partial charge in [0, 0.05) is 6.07 Å². The minimum atomic E-state index is -0.626. The molecule has 1 aromatic heterocycles. The molecule has 0 aliphatic carbocycles. The van der Waals surface area contributed by atoms with E-state index in [-0.39, 0.29) is 36.4 Å². The largest absolute Gasteiger partial charge is 0.504 e. The van der Waals surface area contributed by atoms with Gasteiger partial charge in [-0.3, -0.25) is 0 Å². The molecule has 12 heavy (non-hydrogen) atoms. The summed E-state index contributed by atoms with van der Waals surface area (Å²) in [7, 11) is 0. The zero-order valence-electron chi connectivity index (χ0n) is 5.71. The second kappa shape index (κ2) is 5.56. The Bertz CT molecular complexity index is 251. The highest BCUT2D eigenvalue weighted by Gasteiger charge is 2.03. The Balaban J connectivity index is 0. The Kier molecular flexibility index (Phi) is 6.27. The van der Waals surface area contributed by atoms with Gasteiger partial charge in [0.2, 0.25) is 0 Å². The molecule has 0 amide bonds. The van der Waals surface area contributed by atoms with Crippen LogP contribution in [-0.2, 0) is 0 Å². The standard InChI is InChI=1S/C5H4N2O3.2ClH/c8-4-1-2-5(6-3-4)7(9)10;;/h1-3,8H;2*1H. The number of nitro groups is 1. The van der Waals surface area contributed by atoms with Crippen LogP contribution < -0.4 is 0 Å². The normalized spacial score (nSPS) is 7.67. The summed E-state index contributed by atoms with van der Waals surface area (Å²) in [4.78, 5) is 12.7. The average molecular weight is 213 g/mol. The Morgan fingerprint density at radius 2 is 2.00 bits per heavy atom. The SMILES string of the molecule is Cl.Cl.O=[N+]([O-])c1ccc(O)cn1. The van der Waals surface area contributed by atoms with Crippen molar-refractivity contribution < 1.29 is 10.0 Å². The number of rotatable bonds is 1. The highest BCUT2D eigenvalue weighted by molar-refractivity contribution is 5.85. The van der Waals surface area contributed by atoms with Crippen LogP contribution in [0.5, 0.6) is 5.75 Å². The molecule has 0 saturated heterocycles. The summed E-state index contributed by atoms with van der Waals surface area (Å²) in [6.45, 7) is 0. The lowest BCUT2D eigenvalue weighted by molar-refractivity contribution is -0.389. The third kappa shape index (κ3) is 3.36. The van der Waals surface area contributed by atoms with Gasteiger partial charge in [-0.15, -0.1) is 24.8 Å². The second-order valence-corrected chi connectivity index (χ2v) is 1.63. The highest BCUT2D eigenvalue weighted by atomic mass is 35.5. The summed E-state index contributed by atoms with van der Waals surface area (Å²) in [6, 6.07) is 2.35. The Morgan fingerprint density at radius 1 is 1.42 bits per heavy atom. The van der Waals surface area contributed by atoms with Gasteiger partial charge in [-0.05, 0) is 16.0 Å². The van der Waals surface area contributed by atoms with Gasteiger partial charge in [0.05, 0.1) is 0 Å². The number of aromatic hydroxyl groups is 1. The molecule has 1 heterocycles. The summed E-state index contributed by atoms with van der Waals surface area (Å²) >= 11 is 0. The van der Waals surface area contributed by atoms with Gasteiger partial charge < -0.3 is 15.2 Å². The first-order chi connectivity index (χ1) is 4.70. The maximum absolute atomic E-state index is 9.97. The summed E-state index contributed by atoms with van der Waals surface area (Å²) < 4.78 is 0. The maximum Gasteiger partial charge on any atom is 0.363 e. The number of halogens is 2. The van der Waals surface area contributed by atoms with Crippen LogP contribution in [0.25, 0.3) is 0 Å². The fraction of sp³-hybridized carbons (Fsp3) is 0. The van der Waals surface area contributed by atoms with Crippen molar-refractivity contribution >= 4 is 30.6 Å². The third-order valence-electron chi connectivity index (χ3n) is 0.919. The molecule has 68 valence electrons. The molecule has 0 bridgehead atoms. The fourth-order valence-electron chi connectivity index (χ4n) is 0.486. The van der Waals surface area contributed by atoms with Crippen LogP contribution >= 0.6 is 24.8 Å². The third-order valence-corrected chi connectivity index (χ3v) is 0.919. The minimum absolute atomic E-state index is 0. The zero-order chi connectivity index (χ0) is 7.56. The van der Waals surface area contributed by atoms with E-state index in [1.54, 1.807) is 0 Å². The van der Waals surface area contributed by atoms with Crippen LogP contribution in [0.15, 0.2) is 18.3 Å². The van der Waals surface area contributed by atoms with Crippen molar-refractivity contribution in [1.29, 1.82) is 0 Å². The molecule has 0 aromatic carbocycles. The molecule has 0 radical (unpaired) electrons. The summed E-state index contributed by atoms with van der Waals surface area (Å²) in [5.74, 6) is -0.344. The second-order valence-electron chi connectivity index (χ2n) is 1.63. The molecule has 0 spiro atoms. The van der Waals surface area contributed by atoms with E-state index < -0.39 is 4.92 Å². The van der Waals surface area contributed by atoms with Crippen molar-refractivity contribution in [2.75, 3.05) is 0 Å². The van der Waals surface area contributed by atoms with Crippen molar-refractivity contribution in [3.63, 3.8) is 0 Å². The molecule has 0 saturated carbocycles. The van der Waals surface area contributed by atoms with E-state index in [2.05, 4.69) is 4.98 Å². The van der Waals surface area contributed by atoms with Crippen LogP contribution in [0.2, 0.25) is 0 Å². The quantitative estimate of drug-likeness (QED) is 0.566. The predicted octanol–water partition coefficient (Wildman–Crippen LogP) is 1.54. The van der Waals surface area contributed by atoms with E-state index in [0.717, 1.165) is 12.3 Å². The first kappa shape index (κ1) is 13.5. The predicted molar refractivity (Wildman–Crippen MR) is 47.1 cm³/mol. The average Bonchev–Trinajstić information content (AvgIpc) is 1.88. The number of hydrogen-bond donors (Lipinski definition) is 1. The van der Waals surface area contributed by atoms with Crippen LogP contribution in [0, 0.1) is 10.1 Å². The minimum Gasteiger partial charge on any atom is -0.504 e. The lowest BCUT2D eigenvalue weighted by Gasteiger charge is -1.89. The lowest BCUT2D eigenvalue weighted by atomic mass is 10.4. The van der Waals surface area contributed by atoms with Gasteiger partial charge in [0.25, 0.3) is 0 Å². The van der Waals surface area contributed by atoms with Gasteiger partial charge in [-0.1, -0.05) is 0 Å². The molecule has 0 aliphatic heterocycles. The van der Waals surface area contributed by atoms with E-state index >= 15 is 0 Å². The van der Waals surface area contributed by atoms with Crippen molar-refractivity contribution in [3.8, 4) is 5.75 Å². The molecular formula is C5H6Cl2N2O3. The van der Waals surface area contributed by atoms with E-state index in [4.69, 9.17) is 5.11 Å². The Labute approximate surface area is 80.4 Å². The van der Waals surface area contributed by atoms with Crippen molar-refractivity contribution in [2.45, 2.75) is 0 Å². The molecule has 1 aromatic rings. The van der Waals surface area contributed by atoms with E-state index in [1.807, 2.05) is 0 Å². The van der Waals surface area contributed by atoms with Gasteiger partial charge in [0.15, 0.2) is 11.9 Å². The Morgan fingerprint density at radius 3 is 2.33 bits per heavy atom. The van der Waals surface area contributed by atoms with E-state index in [1.165, 1.54) is 6.07 Å². The molecule has 5 nitrogen and oxygen atoms in total. The van der Waals surface area contributed by atoms with Gasteiger partial charge in [-0.2, -0.15) is 0 Å². The number of aromatic nitrogens is 1. The summed E-state index contributed by atoms with van der Waals surface area (Å²) in [6.07, 6.45) is 1.03. The van der Waals surface area contributed by atoms with Crippen LogP contribution in [-0.4, -0.2) is 15.0 Å². The molecular weight excluding hydrogens is 207 g/mol. The summed E-state index contributed by atoms with van der Waals surface area (Å²) in [5.41, 5.74) is 0. The van der Waals surface area contributed by atoms with Crippen molar-refractivity contribution in [2.24, 2.45) is 0 Å². The molecule has 0 fully saturated rings. The van der Waals surface area contributed by atoms with Crippen LogP contribution in [0.1, 0.15) is 0 Å². The van der Waals surface area contributed by atoms with Gasteiger partial charge >= 0.3 is 5.82 Å². The van der Waals surface area contributed by atoms with Crippen LogP contribution in [0.3, 0.4) is 0 Å². The van der Waals surface area contributed by atoms with Crippen LogP contribution in [0.4, 0.5) is 5.82 Å². The maximum atomic E-state index is 9.97. The summed E-state index contributed by atoms with van der Waals surface area (Å²) in [5, 5.41) is 18.6. The monoisotopic (exact) mass is 212 g/mol. The van der Waals surface area contributed by atoms with Crippen molar-refractivity contribution in [3.05, 3.63) is 28.4 Å². The van der Waals surface area contributed by atoms with E-state index in [0.29, 0.717) is 0 Å². The highest BCUT2D eigenvalue weighted by Crippen LogP contribution is 2.10. The molecule has 0 aliphatic rings. The molecule has 0 atom stereocenters. The molecule has 1 rings (SSSR count). The molecule has 7 heteroatoms. The molecule has 1 N–H and O–H groups in total. The first-order valence-electron chi connectivity index (χ1n) is 2.49. The Hall–Kier alpha value is -1.07. The van der Waals surface area contributed by atoms with Gasteiger partial charge in [-0.25, -0.2) is 0 Å². The van der Waals surface area contributed by atoms with Gasteiger partial charge in [0.1, 0.15) is 0 Å². The van der Waals surface area contributed by atoms with E-state index in [9.17, 15) is 10.1 Å². The van der Waals surface area contributed by atoms with Crippen molar-refractivity contribution in [1.82, 2.24) is 4.98 Å². The number of nitrogens with zero attached hydrogens (tertiary/aromatic N) is 2. The zero-order valence-corrected chi connectivity index (χ0v) is 7.34. The first-order valence-corrected chi connectivity index (χ1v) is 2.49. The lowest BCUT2D eigenvalue weighted by Crippen LogP contribution is -1.89.